The summed E-state index contributed by atoms with van der Waals surface area (Å²) in [4.78, 5) is 5.55. The van der Waals surface area contributed by atoms with E-state index in [0.717, 1.165) is 19.6 Å². The number of nitrogens with zero attached hydrogens (tertiary/aromatic N) is 1. The van der Waals surface area contributed by atoms with Crippen molar-refractivity contribution >= 4 is 22.7 Å². The number of thiophene rings is 2. The fraction of sp³-hybridized carbons (Fsp3) is 0.176. The van der Waals surface area contributed by atoms with E-state index in [1.54, 1.807) is 0 Å². The molecule has 3 heteroatoms. The Morgan fingerprint density at radius 1 is 0.800 bits per heavy atom. The van der Waals surface area contributed by atoms with Gasteiger partial charge in [-0.3, -0.25) is 4.90 Å². The molecule has 0 fully saturated rings. The maximum absolute atomic E-state index is 2.55. The van der Waals surface area contributed by atoms with Crippen LogP contribution in [0.5, 0.6) is 0 Å². The van der Waals surface area contributed by atoms with Crippen LogP contribution in [-0.4, -0.2) is 4.90 Å². The van der Waals surface area contributed by atoms with E-state index in [1.807, 2.05) is 22.7 Å². The molecule has 1 aromatic carbocycles. The van der Waals surface area contributed by atoms with E-state index in [1.165, 1.54) is 26.4 Å². The molecule has 0 bridgehead atoms. The SMILES string of the molecule is c1ccc(CN2Cc3sccc3-c3ccsc3C2)cc1. The number of hydrogen-bond acceptors (Lipinski definition) is 3. The van der Waals surface area contributed by atoms with Crippen molar-refractivity contribution in [2.45, 2.75) is 19.6 Å². The van der Waals surface area contributed by atoms with Crippen molar-refractivity contribution in [2.75, 3.05) is 0 Å². The Labute approximate surface area is 127 Å². The van der Waals surface area contributed by atoms with Gasteiger partial charge in [-0.05, 0) is 39.6 Å². The van der Waals surface area contributed by atoms with Gasteiger partial charge in [-0.2, -0.15) is 0 Å². The summed E-state index contributed by atoms with van der Waals surface area (Å²) in [7, 11) is 0. The first-order valence-electron chi connectivity index (χ1n) is 6.79. The first-order valence-corrected chi connectivity index (χ1v) is 8.55. The molecule has 0 N–H and O–H groups in total. The van der Waals surface area contributed by atoms with Crippen LogP contribution in [-0.2, 0) is 19.6 Å². The van der Waals surface area contributed by atoms with E-state index in [-0.39, 0.29) is 0 Å². The highest BCUT2D eigenvalue weighted by atomic mass is 32.1. The fourth-order valence-electron chi connectivity index (χ4n) is 2.82. The standard InChI is InChI=1S/C17H15NS2/c1-2-4-13(5-3-1)10-18-11-16-14(6-8-19-16)15-7-9-20-17(15)12-18/h1-9H,10-12H2. The number of fused-ring (bicyclic) bond motifs is 3. The second-order valence-corrected chi connectivity index (χ2v) is 7.15. The van der Waals surface area contributed by atoms with Gasteiger partial charge in [0, 0.05) is 29.4 Å². The zero-order chi connectivity index (χ0) is 13.4. The summed E-state index contributed by atoms with van der Waals surface area (Å²) >= 11 is 3.77. The van der Waals surface area contributed by atoms with E-state index in [2.05, 4.69) is 58.1 Å². The molecule has 1 aliphatic rings. The van der Waals surface area contributed by atoms with Crippen LogP contribution in [0.25, 0.3) is 11.1 Å². The molecule has 0 unspecified atom stereocenters. The average molecular weight is 297 g/mol. The van der Waals surface area contributed by atoms with Crippen molar-refractivity contribution in [3.8, 4) is 11.1 Å². The summed E-state index contributed by atoms with van der Waals surface area (Å²) < 4.78 is 0. The Balaban J connectivity index is 1.68. The van der Waals surface area contributed by atoms with Crippen LogP contribution in [0.4, 0.5) is 0 Å². The minimum atomic E-state index is 1.02. The second kappa shape index (κ2) is 5.17. The number of benzene rings is 1. The molecule has 100 valence electrons. The van der Waals surface area contributed by atoms with Crippen LogP contribution < -0.4 is 0 Å². The predicted molar refractivity (Wildman–Crippen MR) is 87.0 cm³/mol. The fourth-order valence-corrected chi connectivity index (χ4v) is 4.68. The first kappa shape index (κ1) is 12.3. The van der Waals surface area contributed by atoms with Gasteiger partial charge in [0.15, 0.2) is 0 Å². The zero-order valence-corrected chi connectivity index (χ0v) is 12.7. The molecule has 3 heterocycles. The van der Waals surface area contributed by atoms with Crippen LogP contribution in [0.2, 0.25) is 0 Å². The van der Waals surface area contributed by atoms with Gasteiger partial charge in [0.1, 0.15) is 0 Å². The Morgan fingerprint density at radius 2 is 1.40 bits per heavy atom. The van der Waals surface area contributed by atoms with E-state index in [0.29, 0.717) is 0 Å². The van der Waals surface area contributed by atoms with E-state index in [9.17, 15) is 0 Å². The van der Waals surface area contributed by atoms with E-state index in [4.69, 9.17) is 0 Å². The average Bonchev–Trinajstić information content (AvgIpc) is 3.07. The molecule has 0 aliphatic carbocycles. The van der Waals surface area contributed by atoms with Gasteiger partial charge < -0.3 is 0 Å². The lowest BCUT2D eigenvalue weighted by Gasteiger charge is -2.19. The summed E-state index contributed by atoms with van der Waals surface area (Å²) in [5, 5.41) is 4.44. The van der Waals surface area contributed by atoms with Gasteiger partial charge in [-0.1, -0.05) is 30.3 Å². The lowest BCUT2D eigenvalue weighted by atomic mass is 10.1. The molecule has 1 nitrogen and oxygen atoms in total. The normalized spacial score (nSPS) is 14.6. The van der Waals surface area contributed by atoms with Crippen molar-refractivity contribution in [1.29, 1.82) is 0 Å². The van der Waals surface area contributed by atoms with Crippen LogP contribution in [0.1, 0.15) is 15.3 Å². The summed E-state index contributed by atoms with van der Waals surface area (Å²) in [5.74, 6) is 0. The topological polar surface area (TPSA) is 3.24 Å². The minimum absolute atomic E-state index is 1.02. The highest BCUT2D eigenvalue weighted by molar-refractivity contribution is 7.11. The molecule has 2 aromatic heterocycles. The van der Waals surface area contributed by atoms with E-state index >= 15 is 0 Å². The summed E-state index contributed by atoms with van der Waals surface area (Å²) in [6.45, 7) is 3.14. The molecule has 0 radical (unpaired) electrons. The Bertz CT molecular complexity index is 669. The van der Waals surface area contributed by atoms with Gasteiger partial charge in [0.05, 0.1) is 0 Å². The Kier molecular flexibility index (Phi) is 3.19. The van der Waals surface area contributed by atoms with Crippen molar-refractivity contribution in [1.82, 2.24) is 4.90 Å². The Morgan fingerprint density at radius 3 is 2.00 bits per heavy atom. The van der Waals surface area contributed by atoms with Crippen molar-refractivity contribution in [3.05, 3.63) is 68.5 Å². The van der Waals surface area contributed by atoms with Gasteiger partial charge in [0.25, 0.3) is 0 Å². The summed E-state index contributed by atoms with van der Waals surface area (Å²) in [6, 6.07) is 15.3. The van der Waals surface area contributed by atoms with Crippen molar-refractivity contribution in [3.63, 3.8) is 0 Å². The van der Waals surface area contributed by atoms with Gasteiger partial charge in [-0.25, -0.2) is 0 Å². The maximum Gasteiger partial charge on any atom is 0.0341 e. The van der Waals surface area contributed by atoms with Crippen LogP contribution in [0.15, 0.2) is 53.2 Å². The largest absolute Gasteiger partial charge is 0.289 e. The lowest BCUT2D eigenvalue weighted by molar-refractivity contribution is 0.255. The van der Waals surface area contributed by atoms with Crippen LogP contribution in [0.3, 0.4) is 0 Å². The van der Waals surface area contributed by atoms with Crippen LogP contribution >= 0.6 is 22.7 Å². The molecule has 3 aromatic rings. The monoisotopic (exact) mass is 297 g/mol. The van der Waals surface area contributed by atoms with Gasteiger partial charge in [-0.15, -0.1) is 22.7 Å². The quantitative estimate of drug-likeness (QED) is 0.644. The van der Waals surface area contributed by atoms with Crippen LogP contribution in [0, 0.1) is 0 Å². The maximum atomic E-state index is 2.55. The first-order chi connectivity index (χ1) is 9.90. The summed E-state index contributed by atoms with van der Waals surface area (Å²) in [5.41, 5.74) is 4.29. The third-order valence-corrected chi connectivity index (χ3v) is 5.58. The highest BCUT2D eigenvalue weighted by Gasteiger charge is 2.21. The third-order valence-electron chi connectivity index (χ3n) is 3.76. The number of hydrogen-bond donors (Lipinski definition) is 0. The summed E-state index contributed by atoms with van der Waals surface area (Å²) in [6.07, 6.45) is 0. The molecule has 1 aliphatic heterocycles. The molecule has 4 rings (SSSR count). The van der Waals surface area contributed by atoms with Gasteiger partial charge in [0.2, 0.25) is 0 Å². The molecule has 20 heavy (non-hydrogen) atoms. The van der Waals surface area contributed by atoms with Crippen molar-refractivity contribution < 1.29 is 0 Å². The predicted octanol–water partition coefficient (Wildman–Crippen LogP) is 4.99. The van der Waals surface area contributed by atoms with Crippen molar-refractivity contribution in [2.24, 2.45) is 0 Å². The molecule has 0 spiro atoms. The zero-order valence-electron chi connectivity index (χ0n) is 11.1. The molecule has 0 saturated carbocycles. The minimum Gasteiger partial charge on any atom is -0.289 e. The smallest absolute Gasteiger partial charge is 0.0341 e. The van der Waals surface area contributed by atoms with Gasteiger partial charge >= 0.3 is 0 Å². The molecule has 0 atom stereocenters. The lowest BCUT2D eigenvalue weighted by Crippen LogP contribution is -2.20. The molecule has 0 amide bonds. The Hall–Kier alpha value is -1.42. The van der Waals surface area contributed by atoms with E-state index < -0.39 is 0 Å². The number of rotatable bonds is 2. The highest BCUT2D eigenvalue weighted by Crippen LogP contribution is 2.38. The second-order valence-electron chi connectivity index (χ2n) is 5.15. The molecular formula is C17H15NS2. The molecular weight excluding hydrogens is 282 g/mol. The third kappa shape index (κ3) is 2.22. The molecule has 0 saturated heterocycles.